The molecule has 0 atom stereocenters. The first-order valence-corrected chi connectivity index (χ1v) is 12.9. The predicted octanol–water partition coefficient (Wildman–Crippen LogP) is 5.07. The molecule has 0 aliphatic heterocycles. The van der Waals surface area contributed by atoms with Crippen molar-refractivity contribution in [2.24, 2.45) is 5.73 Å². The molecule has 0 aliphatic rings. The Morgan fingerprint density at radius 2 is 1.69 bits per heavy atom. The van der Waals surface area contributed by atoms with Crippen LogP contribution in [0.2, 0.25) is 0 Å². The van der Waals surface area contributed by atoms with Crippen molar-refractivity contribution in [1.29, 1.82) is 0 Å². The van der Waals surface area contributed by atoms with Gasteiger partial charge in [-0.25, -0.2) is 14.8 Å². The van der Waals surface area contributed by atoms with Gasteiger partial charge in [-0.3, -0.25) is 9.78 Å². The molecule has 0 saturated carbocycles. The van der Waals surface area contributed by atoms with Crippen LogP contribution in [-0.2, 0) is 17.9 Å². The monoisotopic (exact) mass is 576 g/mol. The van der Waals surface area contributed by atoms with E-state index in [0.29, 0.717) is 18.8 Å². The number of hydrogen-bond acceptors (Lipinski definition) is 6. The van der Waals surface area contributed by atoms with Crippen molar-refractivity contribution < 1.29 is 27.9 Å². The van der Waals surface area contributed by atoms with E-state index in [2.05, 4.69) is 15.3 Å². The smallest absolute Gasteiger partial charge is 0.475 e. The maximum atomic E-state index is 13.1. The van der Waals surface area contributed by atoms with Gasteiger partial charge in [-0.1, -0.05) is 54.6 Å². The summed E-state index contributed by atoms with van der Waals surface area (Å²) in [5, 5.41) is 10.8. The number of imidazole rings is 1. The van der Waals surface area contributed by atoms with Crippen molar-refractivity contribution in [1.82, 2.24) is 24.8 Å². The van der Waals surface area contributed by atoms with Crippen LogP contribution in [0.15, 0.2) is 91.6 Å². The van der Waals surface area contributed by atoms with Crippen LogP contribution >= 0.6 is 0 Å². The lowest BCUT2D eigenvalue weighted by Gasteiger charge is -2.14. The lowest BCUT2D eigenvalue weighted by Crippen LogP contribution is -2.26. The second-order valence-corrected chi connectivity index (χ2v) is 9.09. The number of pyridine rings is 2. The summed E-state index contributed by atoms with van der Waals surface area (Å²) >= 11 is 0. The van der Waals surface area contributed by atoms with E-state index < -0.39 is 12.1 Å². The summed E-state index contributed by atoms with van der Waals surface area (Å²) in [4.78, 5) is 35.4. The zero-order valence-electron chi connectivity index (χ0n) is 22.3. The van der Waals surface area contributed by atoms with Gasteiger partial charge in [-0.05, 0) is 29.7 Å². The molecule has 12 heteroatoms. The second kappa shape index (κ2) is 13.5. The van der Waals surface area contributed by atoms with E-state index in [9.17, 15) is 18.0 Å². The second-order valence-electron chi connectivity index (χ2n) is 9.09. The highest BCUT2D eigenvalue weighted by Crippen LogP contribution is 2.34. The van der Waals surface area contributed by atoms with Crippen molar-refractivity contribution in [2.75, 3.05) is 6.54 Å². The van der Waals surface area contributed by atoms with E-state index in [1.807, 2.05) is 77.5 Å². The number of carbonyl (C=O) groups excluding carboxylic acids is 1. The van der Waals surface area contributed by atoms with Crippen LogP contribution < -0.4 is 11.1 Å². The number of carboxylic acids is 1. The quantitative estimate of drug-likeness (QED) is 0.219. The number of nitrogens with one attached hydrogen (secondary N) is 1. The maximum Gasteiger partial charge on any atom is 0.490 e. The van der Waals surface area contributed by atoms with Crippen molar-refractivity contribution >= 4 is 22.8 Å². The van der Waals surface area contributed by atoms with Gasteiger partial charge >= 0.3 is 12.1 Å². The van der Waals surface area contributed by atoms with Crippen LogP contribution in [-0.4, -0.2) is 49.2 Å². The molecular weight excluding hydrogens is 549 g/mol. The van der Waals surface area contributed by atoms with E-state index in [4.69, 9.17) is 20.6 Å². The number of rotatable bonds is 8. The molecule has 3 heterocycles. The number of nitrogens with two attached hydrogens (primary N) is 1. The Hall–Kier alpha value is -5.10. The largest absolute Gasteiger partial charge is 0.490 e. The van der Waals surface area contributed by atoms with Crippen molar-refractivity contribution in [3.63, 3.8) is 0 Å². The van der Waals surface area contributed by atoms with Crippen molar-refractivity contribution in [3.8, 4) is 22.4 Å². The molecule has 0 bridgehead atoms. The van der Waals surface area contributed by atoms with E-state index in [-0.39, 0.29) is 5.91 Å². The number of halogens is 3. The molecule has 1 amide bonds. The average Bonchev–Trinajstić information content (AvgIpc) is 3.52. The van der Waals surface area contributed by atoms with Crippen LogP contribution in [0, 0.1) is 0 Å². The standard InChI is InChI=1S/C28H26N6O.C2HF3O2/c29-18-20-7-9-22(10-8-20)26-23(21-5-2-1-3-6-21)17-24-25(33-26)11-13-31-27(24)28(35)32-12-4-15-34-16-14-30-19-34;3-2(4,5)1(6)7/h1-3,5-11,13-14,16-17,19H,4,12,15,18,29H2,(H,32,35);(H,6,7). The van der Waals surface area contributed by atoms with Crippen LogP contribution in [0.1, 0.15) is 22.5 Å². The maximum absolute atomic E-state index is 13.1. The van der Waals surface area contributed by atoms with Gasteiger partial charge < -0.3 is 20.7 Å². The van der Waals surface area contributed by atoms with E-state index in [1.165, 1.54) is 0 Å². The Balaban J connectivity index is 0.000000517. The minimum atomic E-state index is -5.08. The van der Waals surface area contributed by atoms with E-state index in [0.717, 1.165) is 51.8 Å². The average molecular weight is 577 g/mol. The van der Waals surface area contributed by atoms with Gasteiger partial charge in [0.2, 0.25) is 0 Å². The molecule has 0 unspecified atom stereocenters. The normalized spacial score (nSPS) is 11.0. The fourth-order valence-electron chi connectivity index (χ4n) is 4.10. The molecule has 9 nitrogen and oxygen atoms in total. The zero-order chi connectivity index (χ0) is 30.1. The Morgan fingerprint density at radius 1 is 0.976 bits per heavy atom. The third-order valence-electron chi connectivity index (χ3n) is 6.19. The highest BCUT2D eigenvalue weighted by molar-refractivity contribution is 6.06. The molecule has 3 aromatic heterocycles. The van der Waals surface area contributed by atoms with Crippen molar-refractivity contribution in [3.05, 3.63) is 103 Å². The summed E-state index contributed by atoms with van der Waals surface area (Å²) < 4.78 is 33.7. The number of aliphatic carboxylic acids is 1. The summed E-state index contributed by atoms with van der Waals surface area (Å²) in [6.45, 7) is 1.82. The number of hydrogen-bond donors (Lipinski definition) is 3. The molecule has 5 rings (SSSR count). The lowest BCUT2D eigenvalue weighted by molar-refractivity contribution is -0.192. The number of carboxylic acid groups (broad SMARTS) is 1. The minimum Gasteiger partial charge on any atom is -0.475 e. The van der Waals surface area contributed by atoms with Crippen LogP contribution in [0.4, 0.5) is 13.2 Å². The van der Waals surface area contributed by atoms with Crippen molar-refractivity contribution in [2.45, 2.75) is 25.7 Å². The summed E-state index contributed by atoms with van der Waals surface area (Å²) in [5.41, 5.74) is 11.8. The molecule has 0 aliphatic carbocycles. The molecule has 4 N–H and O–H groups in total. The lowest BCUT2D eigenvalue weighted by atomic mass is 9.96. The number of benzene rings is 2. The third kappa shape index (κ3) is 7.55. The van der Waals surface area contributed by atoms with Gasteiger partial charge in [0.15, 0.2) is 0 Å². The molecule has 5 aromatic rings. The van der Waals surface area contributed by atoms with Gasteiger partial charge in [-0.2, -0.15) is 13.2 Å². The summed E-state index contributed by atoms with van der Waals surface area (Å²) in [7, 11) is 0. The first-order chi connectivity index (χ1) is 20.2. The summed E-state index contributed by atoms with van der Waals surface area (Å²) in [6.07, 6.45) is 2.78. The van der Waals surface area contributed by atoms with E-state index >= 15 is 0 Å². The highest BCUT2D eigenvalue weighted by Gasteiger charge is 2.38. The molecule has 2 aromatic carbocycles. The number of aryl methyl sites for hydroxylation is 1. The molecule has 42 heavy (non-hydrogen) atoms. The van der Waals surface area contributed by atoms with Crippen LogP contribution in [0.25, 0.3) is 33.3 Å². The van der Waals surface area contributed by atoms with Gasteiger partial charge in [-0.15, -0.1) is 0 Å². The Labute approximate surface area is 238 Å². The number of amides is 1. The minimum absolute atomic E-state index is 0.206. The number of carbonyl (C=O) groups is 2. The number of alkyl halides is 3. The Bertz CT molecular complexity index is 1640. The number of nitrogens with zero attached hydrogens (tertiary/aromatic N) is 4. The van der Waals surface area contributed by atoms with Crippen LogP contribution in [0.3, 0.4) is 0 Å². The molecule has 0 fully saturated rings. The van der Waals surface area contributed by atoms with Gasteiger partial charge in [0.25, 0.3) is 5.91 Å². The Kier molecular flexibility index (Phi) is 9.61. The third-order valence-corrected chi connectivity index (χ3v) is 6.19. The molecule has 0 spiro atoms. The number of fused-ring (bicyclic) bond motifs is 1. The van der Waals surface area contributed by atoms with Gasteiger partial charge in [0.1, 0.15) is 5.69 Å². The highest BCUT2D eigenvalue weighted by atomic mass is 19.4. The molecular formula is C30H27F3N6O3. The Morgan fingerprint density at radius 3 is 2.31 bits per heavy atom. The number of aromatic nitrogens is 4. The molecule has 0 saturated heterocycles. The van der Waals surface area contributed by atoms with Crippen LogP contribution in [0.5, 0.6) is 0 Å². The predicted molar refractivity (Wildman–Crippen MR) is 151 cm³/mol. The summed E-state index contributed by atoms with van der Waals surface area (Å²) in [5.74, 6) is -2.96. The fraction of sp³-hybridized carbons (Fsp3) is 0.167. The fourth-order valence-corrected chi connectivity index (χ4v) is 4.10. The molecule has 216 valence electrons. The van der Waals surface area contributed by atoms with Gasteiger partial charge in [0.05, 0.1) is 17.5 Å². The first-order valence-electron chi connectivity index (χ1n) is 12.9. The SMILES string of the molecule is NCc1ccc(-c2nc3ccnc(C(=O)NCCCn4ccnc4)c3cc2-c2ccccc2)cc1.O=C(O)C(F)(F)F. The zero-order valence-corrected chi connectivity index (χ0v) is 22.3. The first kappa shape index (κ1) is 29.9. The summed E-state index contributed by atoms with van der Waals surface area (Å²) in [6, 6.07) is 22.1. The molecule has 0 radical (unpaired) electrons. The topological polar surface area (TPSA) is 136 Å². The van der Waals surface area contributed by atoms with Gasteiger partial charge in [0, 0.05) is 54.7 Å². The van der Waals surface area contributed by atoms with E-state index in [1.54, 1.807) is 18.7 Å².